The molecule has 5 heteroatoms. The van der Waals surface area contributed by atoms with Gasteiger partial charge in [-0.25, -0.2) is 4.79 Å². The van der Waals surface area contributed by atoms with Crippen LogP contribution in [0.4, 0.5) is 10.5 Å². The summed E-state index contributed by atoms with van der Waals surface area (Å²) in [6.07, 6.45) is 2.85. The van der Waals surface area contributed by atoms with Crippen LogP contribution in [0.15, 0.2) is 24.3 Å². The Balaban J connectivity index is 1.95. The molecule has 5 nitrogen and oxygen atoms in total. The van der Waals surface area contributed by atoms with Gasteiger partial charge in [0.05, 0.1) is 0 Å². The van der Waals surface area contributed by atoms with Gasteiger partial charge in [0.15, 0.2) is 0 Å². The summed E-state index contributed by atoms with van der Waals surface area (Å²) in [5.74, 6) is 0.0588. The molecule has 1 aromatic rings. The Morgan fingerprint density at radius 1 is 1.05 bits per heavy atom. The zero-order valence-electron chi connectivity index (χ0n) is 13.5. The number of carbonyl (C=O) groups excluding carboxylic acids is 2. The van der Waals surface area contributed by atoms with E-state index in [9.17, 15) is 9.59 Å². The minimum Gasteiger partial charge on any atom is -0.444 e. The summed E-state index contributed by atoms with van der Waals surface area (Å²) in [7, 11) is 0. The van der Waals surface area contributed by atoms with Crippen LogP contribution in [0.2, 0.25) is 0 Å². The second-order valence-electron chi connectivity index (χ2n) is 6.56. The summed E-state index contributed by atoms with van der Waals surface area (Å²) in [6.45, 7) is 7.10. The quantitative estimate of drug-likeness (QED) is 0.907. The maximum atomic E-state index is 12.3. The average Bonchev–Trinajstić information content (AvgIpc) is 2.46. The van der Waals surface area contributed by atoms with E-state index in [2.05, 4.69) is 5.32 Å². The van der Waals surface area contributed by atoms with E-state index in [0.29, 0.717) is 11.3 Å². The van der Waals surface area contributed by atoms with Crippen molar-refractivity contribution in [1.29, 1.82) is 0 Å². The van der Waals surface area contributed by atoms with Crippen LogP contribution in [0.5, 0.6) is 0 Å². The molecule has 22 heavy (non-hydrogen) atoms. The van der Waals surface area contributed by atoms with Crippen molar-refractivity contribution in [3.05, 3.63) is 29.8 Å². The van der Waals surface area contributed by atoms with Crippen molar-refractivity contribution >= 4 is 17.7 Å². The molecule has 0 radical (unpaired) electrons. The first-order valence-electron chi connectivity index (χ1n) is 7.74. The zero-order chi connectivity index (χ0) is 16.2. The molecule has 1 aliphatic heterocycles. The van der Waals surface area contributed by atoms with Crippen LogP contribution >= 0.6 is 0 Å². The normalized spacial score (nSPS) is 15.3. The van der Waals surface area contributed by atoms with Crippen LogP contribution in [0, 0.1) is 0 Å². The molecule has 2 amide bonds. The van der Waals surface area contributed by atoms with E-state index >= 15 is 0 Å². The van der Waals surface area contributed by atoms with Crippen molar-refractivity contribution in [3.63, 3.8) is 0 Å². The molecule has 2 rings (SSSR count). The van der Waals surface area contributed by atoms with E-state index in [1.807, 2.05) is 25.7 Å². The fraction of sp³-hybridized carbons (Fsp3) is 0.529. The minimum atomic E-state index is -0.533. The predicted octanol–water partition coefficient (Wildman–Crippen LogP) is 3.66. The smallest absolute Gasteiger partial charge is 0.412 e. The van der Waals surface area contributed by atoms with Crippen LogP contribution < -0.4 is 5.32 Å². The highest BCUT2D eigenvalue weighted by molar-refractivity contribution is 5.95. The molecule has 1 heterocycles. The number of benzene rings is 1. The van der Waals surface area contributed by atoms with Crippen molar-refractivity contribution in [3.8, 4) is 0 Å². The number of carbonyl (C=O) groups is 2. The van der Waals surface area contributed by atoms with Crippen LogP contribution in [0.3, 0.4) is 0 Å². The van der Waals surface area contributed by atoms with E-state index in [0.717, 1.165) is 25.9 Å². The van der Waals surface area contributed by atoms with Crippen molar-refractivity contribution in [1.82, 2.24) is 4.90 Å². The highest BCUT2D eigenvalue weighted by atomic mass is 16.6. The van der Waals surface area contributed by atoms with Crippen molar-refractivity contribution in [2.24, 2.45) is 0 Å². The fourth-order valence-electron chi connectivity index (χ4n) is 2.40. The summed E-state index contributed by atoms with van der Waals surface area (Å²) >= 11 is 0. The minimum absolute atomic E-state index is 0.0588. The Morgan fingerprint density at radius 2 is 1.64 bits per heavy atom. The van der Waals surface area contributed by atoms with E-state index in [-0.39, 0.29) is 5.91 Å². The van der Waals surface area contributed by atoms with Gasteiger partial charge in [0.1, 0.15) is 5.60 Å². The molecule has 120 valence electrons. The third-order valence-corrected chi connectivity index (χ3v) is 3.42. The number of amides is 2. The summed E-state index contributed by atoms with van der Waals surface area (Å²) < 4.78 is 5.19. The number of anilines is 1. The zero-order valence-corrected chi connectivity index (χ0v) is 13.5. The molecule has 1 N–H and O–H groups in total. The first-order chi connectivity index (χ1) is 10.3. The number of likely N-dealkylation sites (tertiary alicyclic amines) is 1. The summed E-state index contributed by atoms with van der Waals surface area (Å²) in [5.41, 5.74) is 0.731. The SMILES string of the molecule is CC(C)(C)OC(=O)Nc1ccc(C(=O)N2CCCCC2)cc1. The molecule has 1 saturated heterocycles. The molecule has 0 saturated carbocycles. The van der Waals surface area contributed by atoms with Gasteiger partial charge in [-0.3, -0.25) is 10.1 Å². The van der Waals surface area contributed by atoms with Gasteiger partial charge in [-0.05, 0) is 64.3 Å². The average molecular weight is 304 g/mol. The van der Waals surface area contributed by atoms with Gasteiger partial charge in [0, 0.05) is 24.3 Å². The second-order valence-corrected chi connectivity index (χ2v) is 6.56. The number of nitrogens with zero attached hydrogens (tertiary/aromatic N) is 1. The number of ether oxygens (including phenoxy) is 1. The van der Waals surface area contributed by atoms with Crippen LogP contribution in [0.1, 0.15) is 50.4 Å². The molecule has 0 aromatic heterocycles. The monoisotopic (exact) mass is 304 g/mol. The largest absolute Gasteiger partial charge is 0.444 e. The lowest BCUT2D eigenvalue weighted by Gasteiger charge is -2.26. The van der Waals surface area contributed by atoms with E-state index < -0.39 is 11.7 Å². The summed E-state index contributed by atoms with van der Waals surface area (Å²) in [5, 5.41) is 2.66. The standard InChI is InChI=1S/C17H24N2O3/c1-17(2,3)22-16(21)18-14-9-7-13(8-10-14)15(20)19-11-5-4-6-12-19/h7-10H,4-6,11-12H2,1-3H3,(H,18,21). The summed E-state index contributed by atoms with van der Waals surface area (Å²) in [6, 6.07) is 6.93. The molecule has 1 aliphatic rings. The Kier molecular flexibility index (Phi) is 5.06. The lowest BCUT2D eigenvalue weighted by atomic mass is 10.1. The van der Waals surface area contributed by atoms with E-state index in [1.165, 1.54) is 6.42 Å². The maximum absolute atomic E-state index is 12.3. The third-order valence-electron chi connectivity index (χ3n) is 3.42. The van der Waals surface area contributed by atoms with Crippen molar-refractivity contribution < 1.29 is 14.3 Å². The lowest BCUT2D eigenvalue weighted by molar-refractivity contribution is 0.0635. The van der Waals surface area contributed by atoms with Gasteiger partial charge in [-0.1, -0.05) is 0 Å². The van der Waals surface area contributed by atoms with Crippen LogP contribution in [0.25, 0.3) is 0 Å². The molecule has 1 aromatic carbocycles. The number of rotatable bonds is 2. The first-order valence-corrected chi connectivity index (χ1v) is 7.74. The van der Waals surface area contributed by atoms with Crippen LogP contribution in [-0.4, -0.2) is 35.6 Å². The van der Waals surface area contributed by atoms with Gasteiger partial charge < -0.3 is 9.64 Å². The topological polar surface area (TPSA) is 58.6 Å². The number of hydrogen-bond acceptors (Lipinski definition) is 3. The van der Waals surface area contributed by atoms with Gasteiger partial charge in [-0.2, -0.15) is 0 Å². The van der Waals surface area contributed by atoms with E-state index in [1.54, 1.807) is 24.3 Å². The second kappa shape index (κ2) is 6.81. The Labute approximate surface area is 131 Å². The van der Waals surface area contributed by atoms with Gasteiger partial charge in [-0.15, -0.1) is 0 Å². The highest BCUT2D eigenvalue weighted by Crippen LogP contribution is 2.16. The number of piperidine rings is 1. The highest BCUT2D eigenvalue weighted by Gasteiger charge is 2.19. The van der Waals surface area contributed by atoms with Crippen molar-refractivity contribution in [2.75, 3.05) is 18.4 Å². The fourth-order valence-corrected chi connectivity index (χ4v) is 2.40. The van der Waals surface area contributed by atoms with E-state index in [4.69, 9.17) is 4.74 Å². The number of hydrogen-bond donors (Lipinski definition) is 1. The third kappa shape index (κ3) is 4.76. The van der Waals surface area contributed by atoms with Gasteiger partial charge in [0.2, 0.25) is 0 Å². The van der Waals surface area contributed by atoms with Gasteiger partial charge in [0.25, 0.3) is 5.91 Å². The Morgan fingerprint density at radius 3 is 2.18 bits per heavy atom. The molecule has 0 unspecified atom stereocenters. The predicted molar refractivity (Wildman–Crippen MR) is 86.1 cm³/mol. The molecule has 0 spiro atoms. The summed E-state index contributed by atoms with van der Waals surface area (Å²) in [4.78, 5) is 25.9. The molecular weight excluding hydrogens is 280 g/mol. The van der Waals surface area contributed by atoms with Crippen molar-refractivity contribution in [2.45, 2.75) is 45.6 Å². The van der Waals surface area contributed by atoms with Gasteiger partial charge >= 0.3 is 6.09 Å². The first kappa shape index (κ1) is 16.3. The maximum Gasteiger partial charge on any atom is 0.412 e. The Hall–Kier alpha value is -2.04. The molecule has 0 aliphatic carbocycles. The molecular formula is C17H24N2O3. The Bertz CT molecular complexity index is 526. The molecule has 1 fully saturated rings. The number of nitrogens with one attached hydrogen (secondary N) is 1. The molecule has 0 atom stereocenters. The van der Waals surface area contributed by atoms with Crippen LogP contribution in [-0.2, 0) is 4.74 Å². The molecule has 0 bridgehead atoms. The lowest BCUT2D eigenvalue weighted by Crippen LogP contribution is -2.35.